The summed E-state index contributed by atoms with van der Waals surface area (Å²) in [5.41, 5.74) is 4.53. The van der Waals surface area contributed by atoms with E-state index in [1.807, 2.05) is 36.4 Å². The number of fused-ring (bicyclic) bond motifs is 3. The van der Waals surface area contributed by atoms with Crippen LogP contribution in [0.2, 0.25) is 0 Å². The number of ether oxygens (including phenoxy) is 3. The molecule has 152 valence electrons. The molecule has 0 spiro atoms. The van der Waals surface area contributed by atoms with Crippen molar-refractivity contribution in [2.24, 2.45) is 0 Å². The molecule has 1 aliphatic rings. The average Bonchev–Trinajstić information content (AvgIpc) is 3.02. The number of rotatable bonds is 7. The first kappa shape index (κ1) is 20.4. The van der Waals surface area contributed by atoms with E-state index in [9.17, 15) is 14.4 Å². The Morgan fingerprint density at radius 3 is 2.03 bits per heavy atom. The first-order valence-electron chi connectivity index (χ1n) is 9.35. The van der Waals surface area contributed by atoms with Crippen LogP contribution in [0.25, 0.3) is 11.1 Å². The Kier molecular flexibility index (Phi) is 6.49. The average molecular weight is 397 g/mol. The number of nitrogens with one attached hydrogen (secondary N) is 1. The van der Waals surface area contributed by atoms with Gasteiger partial charge in [-0.25, -0.2) is 4.79 Å². The van der Waals surface area contributed by atoms with E-state index in [0.717, 1.165) is 22.3 Å². The van der Waals surface area contributed by atoms with Crippen molar-refractivity contribution in [2.75, 3.05) is 19.8 Å². The Balaban J connectivity index is 1.58. The van der Waals surface area contributed by atoms with Crippen molar-refractivity contribution in [3.05, 3.63) is 59.7 Å². The van der Waals surface area contributed by atoms with E-state index in [0.29, 0.717) is 0 Å². The Labute approximate surface area is 169 Å². The van der Waals surface area contributed by atoms with Gasteiger partial charge in [0.2, 0.25) is 0 Å². The molecule has 0 heterocycles. The molecule has 7 heteroatoms. The van der Waals surface area contributed by atoms with Crippen molar-refractivity contribution >= 4 is 18.0 Å². The van der Waals surface area contributed by atoms with Gasteiger partial charge in [0.25, 0.3) is 0 Å². The standard InChI is InChI=1S/C22H23NO6/c1-14(24)27-12-16(29-15(2)25)11-23-22(26)28-13-21-19-9-5-3-7-17(19)18-8-4-6-10-20(18)21/h3-10,16,21H,11-13H2,1-2H3,(H,23,26). The largest absolute Gasteiger partial charge is 0.462 e. The lowest BCUT2D eigenvalue weighted by molar-refractivity contribution is -0.155. The molecule has 7 nitrogen and oxygen atoms in total. The van der Waals surface area contributed by atoms with Crippen LogP contribution >= 0.6 is 0 Å². The molecule has 29 heavy (non-hydrogen) atoms. The summed E-state index contributed by atoms with van der Waals surface area (Å²) in [6, 6.07) is 16.1. The number of benzene rings is 2. The van der Waals surface area contributed by atoms with E-state index in [-0.39, 0.29) is 25.7 Å². The van der Waals surface area contributed by atoms with Crippen molar-refractivity contribution < 1.29 is 28.6 Å². The summed E-state index contributed by atoms with van der Waals surface area (Å²) in [5, 5.41) is 2.55. The van der Waals surface area contributed by atoms with E-state index in [1.165, 1.54) is 13.8 Å². The van der Waals surface area contributed by atoms with Gasteiger partial charge in [0.05, 0.1) is 6.54 Å². The second-order valence-corrected chi connectivity index (χ2v) is 6.74. The van der Waals surface area contributed by atoms with Crippen LogP contribution < -0.4 is 5.32 Å². The number of amides is 1. The fourth-order valence-electron chi connectivity index (χ4n) is 3.43. The zero-order valence-corrected chi connectivity index (χ0v) is 16.3. The zero-order chi connectivity index (χ0) is 20.8. The maximum Gasteiger partial charge on any atom is 0.407 e. The van der Waals surface area contributed by atoms with E-state index < -0.39 is 24.1 Å². The maximum atomic E-state index is 12.2. The molecule has 2 aromatic rings. The molecule has 0 aliphatic heterocycles. The quantitative estimate of drug-likeness (QED) is 0.570. The molecule has 0 saturated carbocycles. The minimum atomic E-state index is -0.781. The number of carbonyl (C=O) groups is 3. The van der Waals surface area contributed by atoms with Gasteiger partial charge < -0.3 is 19.5 Å². The molecule has 3 rings (SSSR count). The molecule has 1 atom stereocenters. The highest BCUT2D eigenvalue weighted by Gasteiger charge is 2.29. The lowest BCUT2D eigenvalue weighted by Gasteiger charge is -2.18. The first-order valence-corrected chi connectivity index (χ1v) is 9.35. The van der Waals surface area contributed by atoms with Crippen LogP contribution in [-0.4, -0.2) is 43.9 Å². The van der Waals surface area contributed by atoms with Crippen LogP contribution in [0, 0.1) is 0 Å². The third-order valence-corrected chi connectivity index (χ3v) is 4.62. The van der Waals surface area contributed by atoms with Crippen LogP contribution in [0.3, 0.4) is 0 Å². The lowest BCUT2D eigenvalue weighted by Crippen LogP contribution is -2.38. The smallest absolute Gasteiger partial charge is 0.407 e. The van der Waals surface area contributed by atoms with Crippen LogP contribution in [0.5, 0.6) is 0 Å². The second kappa shape index (κ2) is 9.23. The predicted octanol–water partition coefficient (Wildman–Crippen LogP) is 3.02. The van der Waals surface area contributed by atoms with Crippen molar-refractivity contribution in [3.8, 4) is 11.1 Å². The van der Waals surface area contributed by atoms with E-state index >= 15 is 0 Å². The maximum absolute atomic E-state index is 12.2. The monoisotopic (exact) mass is 397 g/mol. The normalized spacial score (nSPS) is 13.0. The Hall–Kier alpha value is -3.35. The number of hydrogen-bond donors (Lipinski definition) is 1. The number of esters is 2. The molecule has 0 saturated heterocycles. The third kappa shape index (κ3) is 5.13. The van der Waals surface area contributed by atoms with Crippen LogP contribution in [0.1, 0.15) is 30.9 Å². The van der Waals surface area contributed by atoms with Gasteiger partial charge in [-0.1, -0.05) is 48.5 Å². The summed E-state index contributed by atoms with van der Waals surface area (Å²) in [5.74, 6) is -1.07. The van der Waals surface area contributed by atoms with Crippen LogP contribution in [-0.2, 0) is 23.8 Å². The summed E-state index contributed by atoms with van der Waals surface area (Å²) >= 11 is 0. The SMILES string of the molecule is CC(=O)OCC(CNC(=O)OCC1c2ccccc2-c2ccccc21)OC(C)=O. The highest BCUT2D eigenvalue weighted by Crippen LogP contribution is 2.44. The van der Waals surface area contributed by atoms with Gasteiger partial charge in [-0.05, 0) is 22.3 Å². The number of hydrogen-bond acceptors (Lipinski definition) is 6. The predicted molar refractivity (Wildman–Crippen MR) is 105 cm³/mol. The Bertz CT molecular complexity index is 864. The molecular formula is C22H23NO6. The summed E-state index contributed by atoms with van der Waals surface area (Å²) in [4.78, 5) is 34.3. The Morgan fingerprint density at radius 2 is 1.48 bits per heavy atom. The molecule has 0 fully saturated rings. The molecule has 0 bridgehead atoms. The second-order valence-electron chi connectivity index (χ2n) is 6.74. The summed E-state index contributed by atoms with van der Waals surface area (Å²) in [7, 11) is 0. The summed E-state index contributed by atoms with van der Waals surface area (Å²) < 4.78 is 15.3. The van der Waals surface area contributed by atoms with Crippen molar-refractivity contribution in [2.45, 2.75) is 25.9 Å². The van der Waals surface area contributed by atoms with E-state index in [1.54, 1.807) is 0 Å². The fraction of sp³-hybridized carbons (Fsp3) is 0.318. The molecule has 1 unspecified atom stereocenters. The van der Waals surface area contributed by atoms with E-state index in [4.69, 9.17) is 14.2 Å². The molecular weight excluding hydrogens is 374 g/mol. The minimum Gasteiger partial charge on any atom is -0.462 e. The van der Waals surface area contributed by atoms with Crippen molar-refractivity contribution in [1.82, 2.24) is 5.32 Å². The minimum absolute atomic E-state index is 0.0243. The van der Waals surface area contributed by atoms with Crippen molar-refractivity contribution in [1.29, 1.82) is 0 Å². The molecule has 0 radical (unpaired) electrons. The molecule has 0 aromatic heterocycles. The molecule has 1 amide bonds. The van der Waals surface area contributed by atoms with Gasteiger partial charge in [-0.2, -0.15) is 0 Å². The highest BCUT2D eigenvalue weighted by atomic mass is 16.6. The molecule has 1 N–H and O–H groups in total. The highest BCUT2D eigenvalue weighted by molar-refractivity contribution is 5.79. The topological polar surface area (TPSA) is 90.9 Å². The van der Waals surface area contributed by atoms with Gasteiger partial charge in [-0.3, -0.25) is 9.59 Å². The lowest BCUT2D eigenvalue weighted by atomic mass is 9.98. The molecule has 2 aromatic carbocycles. The fourth-order valence-corrected chi connectivity index (χ4v) is 3.43. The van der Waals surface area contributed by atoms with Crippen LogP contribution in [0.15, 0.2) is 48.5 Å². The van der Waals surface area contributed by atoms with Gasteiger partial charge in [0.15, 0.2) is 6.10 Å². The van der Waals surface area contributed by atoms with E-state index in [2.05, 4.69) is 17.4 Å². The Morgan fingerprint density at radius 1 is 0.897 bits per heavy atom. The molecule has 1 aliphatic carbocycles. The van der Waals surface area contributed by atoms with Gasteiger partial charge >= 0.3 is 18.0 Å². The summed E-state index contributed by atoms with van der Waals surface area (Å²) in [6.45, 7) is 2.52. The first-order chi connectivity index (χ1) is 14.0. The van der Waals surface area contributed by atoms with Crippen molar-refractivity contribution in [3.63, 3.8) is 0 Å². The van der Waals surface area contributed by atoms with Gasteiger partial charge in [-0.15, -0.1) is 0 Å². The van der Waals surface area contributed by atoms with Gasteiger partial charge in [0, 0.05) is 19.8 Å². The van der Waals surface area contributed by atoms with Gasteiger partial charge in [0.1, 0.15) is 13.2 Å². The van der Waals surface area contributed by atoms with Crippen LogP contribution in [0.4, 0.5) is 4.79 Å². The summed E-state index contributed by atoms with van der Waals surface area (Å²) in [6.07, 6.45) is -1.41. The number of alkyl carbamates (subject to hydrolysis) is 1. The third-order valence-electron chi connectivity index (χ3n) is 4.62. The zero-order valence-electron chi connectivity index (χ0n) is 16.3. The number of carbonyl (C=O) groups excluding carboxylic acids is 3.